The number of nitrogens with zero attached hydrogens (tertiary/aromatic N) is 2. The number of halogens is 2. The van der Waals surface area contributed by atoms with Crippen molar-refractivity contribution in [2.24, 2.45) is 0 Å². The lowest BCUT2D eigenvalue weighted by Gasteiger charge is -2.14. The Labute approximate surface area is 167 Å². The summed E-state index contributed by atoms with van der Waals surface area (Å²) in [6, 6.07) is 3.18. The average molecular weight is 411 g/mol. The van der Waals surface area contributed by atoms with Crippen LogP contribution in [0.4, 0.5) is 0 Å². The molecule has 0 unspecified atom stereocenters. The van der Waals surface area contributed by atoms with Crippen LogP contribution in [0.3, 0.4) is 0 Å². The van der Waals surface area contributed by atoms with Gasteiger partial charge in [-0.1, -0.05) is 23.2 Å². The molecule has 1 atom stereocenters. The molecule has 27 heavy (non-hydrogen) atoms. The van der Waals surface area contributed by atoms with Crippen LogP contribution in [0, 0.1) is 13.8 Å². The first kappa shape index (κ1) is 19.9. The fourth-order valence-electron chi connectivity index (χ4n) is 3.18. The lowest BCUT2D eigenvalue weighted by atomic mass is 10.1. The summed E-state index contributed by atoms with van der Waals surface area (Å²) in [4.78, 5) is 28.4. The number of ketones is 1. The molecular weight excluding hydrogens is 391 g/mol. The Hall–Kier alpha value is -1.89. The van der Waals surface area contributed by atoms with Crippen molar-refractivity contribution >= 4 is 35.0 Å². The van der Waals surface area contributed by atoms with E-state index < -0.39 is 5.97 Å². The third-order valence-corrected chi connectivity index (χ3v) is 5.34. The summed E-state index contributed by atoms with van der Waals surface area (Å²) in [6.07, 6.45) is 3.53. The van der Waals surface area contributed by atoms with Crippen molar-refractivity contribution in [2.75, 3.05) is 13.2 Å². The summed E-state index contributed by atoms with van der Waals surface area (Å²) in [6.45, 7) is 4.99. The molecule has 0 aromatic carbocycles. The second-order valence-electron chi connectivity index (χ2n) is 6.53. The van der Waals surface area contributed by atoms with Gasteiger partial charge in [0, 0.05) is 36.3 Å². The number of aromatic nitrogens is 2. The van der Waals surface area contributed by atoms with Crippen LogP contribution in [0.1, 0.15) is 44.9 Å². The summed E-state index contributed by atoms with van der Waals surface area (Å²) in [5.41, 5.74) is 2.51. The molecule has 1 aliphatic heterocycles. The molecule has 3 heterocycles. The number of pyridine rings is 1. The fourth-order valence-corrected chi connectivity index (χ4v) is 3.45. The van der Waals surface area contributed by atoms with Crippen molar-refractivity contribution in [3.63, 3.8) is 0 Å². The van der Waals surface area contributed by atoms with Crippen molar-refractivity contribution < 1.29 is 19.1 Å². The molecule has 1 saturated heterocycles. The lowest BCUT2D eigenvalue weighted by molar-refractivity contribution is 0.0474. The minimum absolute atomic E-state index is 0.1000. The topological polar surface area (TPSA) is 70.4 Å². The van der Waals surface area contributed by atoms with E-state index in [1.54, 1.807) is 0 Å². The van der Waals surface area contributed by atoms with Crippen molar-refractivity contribution in [3.05, 3.63) is 51.0 Å². The van der Waals surface area contributed by atoms with Crippen LogP contribution in [0.2, 0.25) is 10.2 Å². The molecule has 2 aromatic rings. The van der Waals surface area contributed by atoms with Gasteiger partial charge in [-0.3, -0.25) is 4.79 Å². The van der Waals surface area contributed by atoms with Crippen LogP contribution < -0.4 is 0 Å². The van der Waals surface area contributed by atoms with Crippen LogP contribution in [-0.4, -0.2) is 40.6 Å². The maximum atomic E-state index is 12.5. The first-order valence-electron chi connectivity index (χ1n) is 8.66. The molecule has 0 saturated carbocycles. The molecule has 144 valence electrons. The maximum absolute atomic E-state index is 12.5. The van der Waals surface area contributed by atoms with Gasteiger partial charge in [-0.2, -0.15) is 0 Å². The largest absolute Gasteiger partial charge is 0.454 e. The first-order valence-corrected chi connectivity index (χ1v) is 9.42. The van der Waals surface area contributed by atoms with Crippen molar-refractivity contribution in [2.45, 2.75) is 39.3 Å². The molecule has 0 amide bonds. The molecular formula is C19H20Cl2N2O4. The number of ether oxygens (including phenoxy) is 2. The minimum atomic E-state index is -0.678. The molecule has 2 aromatic heterocycles. The normalized spacial score (nSPS) is 16.5. The molecule has 0 spiro atoms. The monoisotopic (exact) mass is 410 g/mol. The SMILES string of the molecule is Cc1cc(C(=O)COC(=O)c2cnc(Cl)c(Cl)c2)c(C)n1C[C@H]1CCCO1. The molecule has 1 fully saturated rings. The van der Waals surface area contributed by atoms with Crippen molar-refractivity contribution in [1.82, 2.24) is 9.55 Å². The summed E-state index contributed by atoms with van der Waals surface area (Å²) in [7, 11) is 0. The predicted molar refractivity (Wildman–Crippen MR) is 102 cm³/mol. The zero-order valence-corrected chi connectivity index (χ0v) is 16.6. The van der Waals surface area contributed by atoms with Gasteiger partial charge >= 0.3 is 5.97 Å². The highest BCUT2D eigenvalue weighted by atomic mass is 35.5. The molecule has 0 bridgehead atoms. The van der Waals surface area contributed by atoms with Crippen LogP contribution in [-0.2, 0) is 16.0 Å². The zero-order chi connectivity index (χ0) is 19.6. The van der Waals surface area contributed by atoms with E-state index in [1.807, 2.05) is 19.9 Å². The van der Waals surface area contributed by atoms with E-state index in [4.69, 9.17) is 32.7 Å². The fraction of sp³-hybridized carbons (Fsp3) is 0.421. The smallest absolute Gasteiger partial charge is 0.340 e. The number of Topliss-reactive ketones (excluding diaryl/α,β-unsaturated/α-hetero) is 1. The van der Waals surface area contributed by atoms with Gasteiger partial charge in [0.25, 0.3) is 0 Å². The van der Waals surface area contributed by atoms with Gasteiger partial charge in [-0.05, 0) is 38.8 Å². The van der Waals surface area contributed by atoms with E-state index in [2.05, 4.69) is 9.55 Å². The minimum Gasteiger partial charge on any atom is -0.454 e. The van der Waals surface area contributed by atoms with Gasteiger partial charge in [0.05, 0.1) is 16.7 Å². The number of aryl methyl sites for hydroxylation is 1. The highest BCUT2D eigenvalue weighted by Crippen LogP contribution is 2.22. The highest BCUT2D eigenvalue weighted by Gasteiger charge is 2.22. The number of hydrogen-bond acceptors (Lipinski definition) is 5. The molecule has 0 N–H and O–H groups in total. The summed E-state index contributed by atoms with van der Waals surface area (Å²) in [5, 5.41) is 0.248. The molecule has 0 radical (unpaired) electrons. The highest BCUT2D eigenvalue weighted by molar-refractivity contribution is 6.41. The third-order valence-electron chi connectivity index (χ3n) is 4.65. The van der Waals surface area contributed by atoms with Crippen molar-refractivity contribution in [3.8, 4) is 0 Å². The molecule has 1 aliphatic rings. The zero-order valence-electron chi connectivity index (χ0n) is 15.1. The van der Waals surface area contributed by atoms with Crippen LogP contribution in [0.25, 0.3) is 0 Å². The van der Waals surface area contributed by atoms with E-state index >= 15 is 0 Å². The second-order valence-corrected chi connectivity index (χ2v) is 7.29. The van der Waals surface area contributed by atoms with Crippen LogP contribution in [0.15, 0.2) is 18.3 Å². The van der Waals surface area contributed by atoms with E-state index in [1.165, 1.54) is 12.3 Å². The Morgan fingerprint density at radius 2 is 2.11 bits per heavy atom. The van der Waals surface area contributed by atoms with Gasteiger partial charge in [-0.15, -0.1) is 0 Å². The van der Waals surface area contributed by atoms with E-state index in [-0.39, 0.29) is 34.2 Å². The molecule has 0 aliphatic carbocycles. The summed E-state index contributed by atoms with van der Waals surface area (Å²) < 4.78 is 12.9. The van der Waals surface area contributed by atoms with Gasteiger partial charge in [0.1, 0.15) is 5.15 Å². The van der Waals surface area contributed by atoms with Gasteiger partial charge in [0.15, 0.2) is 6.61 Å². The van der Waals surface area contributed by atoms with Crippen molar-refractivity contribution in [1.29, 1.82) is 0 Å². The predicted octanol–water partition coefficient (Wildman–Crippen LogP) is 4.03. The lowest BCUT2D eigenvalue weighted by Crippen LogP contribution is -2.18. The number of esters is 1. The number of hydrogen-bond donors (Lipinski definition) is 0. The molecule has 8 heteroatoms. The van der Waals surface area contributed by atoms with E-state index in [9.17, 15) is 9.59 Å². The van der Waals surface area contributed by atoms with E-state index in [0.717, 1.165) is 37.4 Å². The Bertz CT molecular complexity index is 873. The standard InChI is InChI=1S/C19H20Cl2N2O4/c1-11-6-15(12(2)23(11)9-14-4-3-5-26-14)17(24)10-27-19(25)13-7-16(20)18(21)22-8-13/h6-8,14H,3-5,9-10H2,1-2H3/t14-/m1/s1. The van der Waals surface area contributed by atoms with Crippen LogP contribution >= 0.6 is 23.2 Å². The van der Waals surface area contributed by atoms with Gasteiger partial charge in [0.2, 0.25) is 5.78 Å². The average Bonchev–Trinajstić information content (AvgIpc) is 3.25. The Morgan fingerprint density at radius 3 is 2.78 bits per heavy atom. The quantitative estimate of drug-likeness (QED) is 0.408. The Balaban J connectivity index is 1.65. The second kappa shape index (κ2) is 8.42. The molecule has 6 nitrogen and oxygen atoms in total. The van der Waals surface area contributed by atoms with E-state index in [0.29, 0.717) is 5.56 Å². The van der Waals surface area contributed by atoms with Gasteiger partial charge < -0.3 is 14.0 Å². The Morgan fingerprint density at radius 1 is 1.33 bits per heavy atom. The third kappa shape index (κ3) is 4.51. The summed E-state index contributed by atoms with van der Waals surface area (Å²) >= 11 is 11.6. The number of carbonyl (C=O) groups is 2. The number of carbonyl (C=O) groups excluding carboxylic acids is 2. The molecule has 3 rings (SSSR count). The number of rotatable bonds is 6. The summed E-state index contributed by atoms with van der Waals surface area (Å²) in [5.74, 6) is -0.939. The van der Waals surface area contributed by atoms with Crippen LogP contribution in [0.5, 0.6) is 0 Å². The Kier molecular flexibility index (Phi) is 6.19. The van der Waals surface area contributed by atoms with Gasteiger partial charge in [-0.25, -0.2) is 9.78 Å². The maximum Gasteiger partial charge on any atom is 0.340 e. The first-order chi connectivity index (χ1) is 12.9.